The van der Waals surface area contributed by atoms with Crippen LogP contribution in [0.25, 0.3) is 22.6 Å². The molecule has 0 fully saturated rings. The molecule has 4 heterocycles. The van der Waals surface area contributed by atoms with E-state index >= 15 is 0 Å². The summed E-state index contributed by atoms with van der Waals surface area (Å²) in [6.45, 7) is 7.59. The lowest BCUT2D eigenvalue weighted by Crippen LogP contribution is -2.33. The van der Waals surface area contributed by atoms with Crippen LogP contribution in [0, 0.1) is 11.6 Å². The largest absolute Gasteiger partial charge is 0.326 e. The highest BCUT2D eigenvalue weighted by molar-refractivity contribution is 6.05. The van der Waals surface area contributed by atoms with Crippen molar-refractivity contribution in [2.75, 3.05) is 5.32 Å². The maximum absolute atomic E-state index is 14.4. The average Bonchev–Trinajstić information content (AvgIpc) is 3.26. The molecule has 0 bridgehead atoms. The van der Waals surface area contributed by atoms with Crippen LogP contribution in [0.5, 0.6) is 0 Å². The van der Waals surface area contributed by atoms with Crippen LogP contribution < -0.4 is 11.1 Å². The molecule has 0 radical (unpaired) electrons. The van der Waals surface area contributed by atoms with Gasteiger partial charge in [-0.2, -0.15) is 5.10 Å². The summed E-state index contributed by atoms with van der Waals surface area (Å²) in [6, 6.07) is 7.68. The van der Waals surface area contributed by atoms with Crippen LogP contribution in [0.3, 0.4) is 0 Å². The van der Waals surface area contributed by atoms with E-state index in [1.165, 1.54) is 16.8 Å². The molecular formula is C26H27F2N7O. The minimum absolute atomic E-state index is 0.0880. The number of carbonyl (C=O) groups excluding carboxylic acids is 1. The first-order chi connectivity index (χ1) is 16.9. The molecule has 0 aliphatic carbocycles. The Hall–Kier alpha value is -3.79. The van der Waals surface area contributed by atoms with Gasteiger partial charge in [-0.25, -0.2) is 28.4 Å². The van der Waals surface area contributed by atoms with E-state index in [0.717, 1.165) is 11.8 Å². The molecule has 4 aromatic rings. The number of nitrogens with two attached hydrogens (primary N) is 1. The standard InChI is InChI=1S/C26H27F2N7O/c1-25(2,29)10-9-18-19-21(33-24(36)26(19,3)4)32-22(31-18)20-16-11-15(27)12-30-23(16)35(34-20)13-14-7-5-6-8-17(14)28/h5-8,11-12H,9-10,13,29H2,1-4H3,(H,31,32,33,36). The Morgan fingerprint density at radius 2 is 1.92 bits per heavy atom. The number of benzene rings is 1. The van der Waals surface area contributed by atoms with Crippen LogP contribution in [0.2, 0.25) is 0 Å². The third-order valence-corrected chi connectivity index (χ3v) is 6.46. The number of amides is 1. The van der Waals surface area contributed by atoms with E-state index in [0.29, 0.717) is 46.6 Å². The summed E-state index contributed by atoms with van der Waals surface area (Å²) in [5.74, 6) is -0.479. The number of carbonyl (C=O) groups is 1. The minimum Gasteiger partial charge on any atom is -0.326 e. The first kappa shape index (κ1) is 23.9. The third kappa shape index (κ3) is 4.21. The number of fused-ring (bicyclic) bond motifs is 2. The van der Waals surface area contributed by atoms with Crippen molar-refractivity contribution in [1.29, 1.82) is 0 Å². The Labute approximate surface area is 207 Å². The molecule has 0 unspecified atom stereocenters. The smallest absolute Gasteiger partial charge is 0.235 e. The predicted molar refractivity (Wildman–Crippen MR) is 132 cm³/mol. The van der Waals surface area contributed by atoms with Crippen LogP contribution >= 0.6 is 0 Å². The zero-order valence-electron chi connectivity index (χ0n) is 20.6. The lowest BCUT2D eigenvalue weighted by atomic mass is 9.84. The molecule has 0 atom stereocenters. The van der Waals surface area contributed by atoms with Crippen molar-refractivity contribution in [3.05, 3.63) is 65.0 Å². The second kappa shape index (κ2) is 8.41. The van der Waals surface area contributed by atoms with Gasteiger partial charge in [0.2, 0.25) is 5.91 Å². The Morgan fingerprint density at radius 1 is 1.17 bits per heavy atom. The number of hydrogen-bond acceptors (Lipinski definition) is 6. The fourth-order valence-electron chi connectivity index (χ4n) is 4.46. The molecule has 186 valence electrons. The summed E-state index contributed by atoms with van der Waals surface area (Å²) < 4.78 is 30.1. The van der Waals surface area contributed by atoms with E-state index < -0.39 is 16.8 Å². The summed E-state index contributed by atoms with van der Waals surface area (Å²) in [6.07, 6.45) is 2.23. The number of rotatable bonds is 6. The first-order valence-electron chi connectivity index (χ1n) is 11.7. The maximum Gasteiger partial charge on any atom is 0.235 e. The molecule has 5 rings (SSSR count). The molecule has 0 saturated heterocycles. The minimum atomic E-state index is -0.818. The van der Waals surface area contributed by atoms with Crippen LogP contribution in [-0.2, 0) is 23.2 Å². The number of aromatic nitrogens is 5. The molecule has 8 nitrogen and oxygen atoms in total. The van der Waals surface area contributed by atoms with Gasteiger partial charge in [-0.05, 0) is 52.7 Å². The van der Waals surface area contributed by atoms with Gasteiger partial charge in [0.15, 0.2) is 11.5 Å². The van der Waals surface area contributed by atoms with Gasteiger partial charge in [-0.15, -0.1) is 0 Å². The van der Waals surface area contributed by atoms with Gasteiger partial charge in [0.25, 0.3) is 0 Å². The molecule has 3 aromatic heterocycles. The highest BCUT2D eigenvalue weighted by Gasteiger charge is 2.42. The second-order valence-electron chi connectivity index (χ2n) is 10.4. The highest BCUT2D eigenvalue weighted by atomic mass is 19.1. The fourth-order valence-corrected chi connectivity index (χ4v) is 4.46. The van der Waals surface area contributed by atoms with Gasteiger partial charge >= 0.3 is 0 Å². The van der Waals surface area contributed by atoms with Crippen molar-refractivity contribution in [2.24, 2.45) is 5.73 Å². The van der Waals surface area contributed by atoms with Crippen molar-refractivity contribution in [3.8, 4) is 11.5 Å². The maximum atomic E-state index is 14.4. The van der Waals surface area contributed by atoms with E-state index in [1.54, 1.807) is 18.2 Å². The van der Waals surface area contributed by atoms with Crippen molar-refractivity contribution in [1.82, 2.24) is 24.7 Å². The molecule has 10 heteroatoms. The molecule has 1 aliphatic heterocycles. The van der Waals surface area contributed by atoms with Gasteiger partial charge in [-0.1, -0.05) is 18.2 Å². The number of anilines is 1. The number of halogens is 2. The number of nitrogens with zero attached hydrogens (tertiary/aromatic N) is 5. The van der Waals surface area contributed by atoms with Crippen molar-refractivity contribution < 1.29 is 13.6 Å². The third-order valence-electron chi connectivity index (χ3n) is 6.46. The quantitative estimate of drug-likeness (QED) is 0.420. The van der Waals surface area contributed by atoms with Gasteiger partial charge in [0.1, 0.15) is 23.1 Å². The monoisotopic (exact) mass is 491 g/mol. The summed E-state index contributed by atoms with van der Waals surface area (Å²) in [4.78, 5) is 26.4. The van der Waals surface area contributed by atoms with Crippen molar-refractivity contribution in [2.45, 2.75) is 58.0 Å². The van der Waals surface area contributed by atoms with Crippen LogP contribution in [0.15, 0.2) is 36.5 Å². The SMILES string of the molecule is CC(C)(N)CCc1nc(-c2nn(Cc3ccccc3F)c3ncc(F)cc23)nc2c1C(C)(C)C(=O)N2. The zero-order valence-corrected chi connectivity index (χ0v) is 20.6. The van der Waals surface area contributed by atoms with Crippen LogP contribution in [0.4, 0.5) is 14.6 Å². The fraction of sp³-hybridized carbons (Fsp3) is 0.346. The van der Waals surface area contributed by atoms with E-state index in [4.69, 9.17) is 10.7 Å². The molecule has 1 aliphatic rings. The number of nitrogens with one attached hydrogen (secondary N) is 1. The molecule has 0 saturated carbocycles. The van der Waals surface area contributed by atoms with Gasteiger partial charge in [0.05, 0.1) is 29.2 Å². The predicted octanol–water partition coefficient (Wildman–Crippen LogP) is 4.11. The summed E-state index contributed by atoms with van der Waals surface area (Å²) in [5.41, 5.74) is 7.44. The molecule has 1 amide bonds. The van der Waals surface area contributed by atoms with E-state index in [1.807, 2.05) is 27.7 Å². The topological polar surface area (TPSA) is 112 Å². The highest BCUT2D eigenvalue weighted by Crippen LogP contribution is 2.40. The van der Waals surface area contributed by atoms with E-state index in [2.05, 4.69) is 20.4 Å². The van der Waals surface area contributed by atoms with E-state index in [9.17, 15) is 13.6 Å². The number of hydrogen-bond donors (Lipinski definition) is 2. The summed E-state index contributed by atoms with van der Waals surface area (Å²) >= 11 is 0. The van der Waals surface area contributed by atoms with E-state index in [-0.39, 0.29) is 24.1 Å². The Morgan fingerprint density at radius 3 is 2.64 bits per heavy atom. The second-order valence-corrected chi connectivity index (χ2v) is 10.4. The molecule has 1 aromatic carbocycles. The van der Waals surface area contributed by atoms with Crippen LogP contribution in [0.1, 0.15) is 50.9 Å². The van der Waals surface area contributed by atoms with Crippen molar-refractivity contribution in [3.63, 3.8) is 0 Å². The zero-order chi connectivity index (χ0) is 25.8. The molecule has 0 spiro atoms. The number of aryl methyl sites for hydroxylation is 1. The Bertz CT molecular complexity index is 1500. The summed E-state index contributed by atoms with van der Waals surface area (Å²) in [5, 5.41) is 7.87. The lowest BCUT2D eigenvalue weighted by Gasteiger charge is -2.22. The van der Waals surface area contributed by atoms with Crippen LogP contribution in [-0.4, -0.2) is 36.2 Å². The normalized spacial score (nSPS) is 14.8. The average molecular weight is 492 g/mol. The Balaban J connectivity index is 1.68. The van der Waals surface area contributed by atoms with Gasteiger partial charge < -0.3 is 11.1 Å². The van der Waals surface area contributed by atoms with Gasteiger partial charge in [-0.3, -0.25) is 4.79 Å². The summed E-state index contributed by atoms with van der Waals surface area (Å²) in [7, 11) is 0. The van der Waals surface area contributed by atoms with Gasteiger partial charge in [0, 0.05) is 16.7 Å². The molecule has 36 heavy (non-hydrogen) atoms. The lowest BCUT2D eigenvalue weighted by molar-refractivity contribution is -0.119. The molecule has 3 N–H and O–H groups in total. The first-order valence-corrected chi connectivity index (χ1v) is 11.7. The van der Waals surface area contributed by atoms with Crippen molar-refractivity contribution >= 4 is 22.8 Å². The molecular weight excluding hydrogens is 464 g/mol. The Kier molecular flexibility index (Phi) is 5.59. The number of pyridine rings is 1.